The Morgan fingerprint density at radius 2 is 1.67 bits per heavy atom. The number of halogens is 8. The number of carbonyl (C=O) groups is 3. The van der Waals surface area contributed by atoms with E-state index >= 15 is 0 Å². The highest BCUT2D eigenvalue weighted by molar-refractivity contribution is 6.00. The molecule has 0 aliphatic carbocycles. The summed E-state index contributed by atoms with van der Waals surface area (Å²) in [5.41, 5.74) is -9.39. The number of carbonyl (C=O) groups excluding carboxylic acids is 3. The van der Waals surface area contributed by atoms with E-state index in [4.69, 9.17) is 4.74 Å². The molecule has 3 aromatic rings. The van der Waals surface area contributed by atoms with Crippen molar-refractivity contribution in [1.82, 2.24) is 29.8 Å². The Hall–Kier alpha value is -4.62. The molecular weight excluding hydrogens is 642 g/mol. The van der Waals surface area contributed by atoms with Crippen LogP contribution in [0.1, 0.15) is 36.7 Å². The number of alkyl halides is 8. The van der Waals surface area contributed by atoms with Gasteiger partial charge in [0, 0.05) is 18.3 Å². The number of aromatic nitrogens is 4. The first-order chi connectivity index (χ1) is 21.1. The monoisotopic (exact) mass is 667 g/mol. The van der Waals surface area contributed by atoms with Crippen molar-refractivity contribution in [2.24, 2.45) is 0 Å². The molecule has 1 unspecified atom stereocenters. The van der Waals surface area contributed by atoms with Crippen molar-refractivity contribution in [3.8, 4) is 17.1 Å². The molecule has 0 bridgehead atoms. The fourth-order valence-corrected chi connectivity index (χ4v) is 4.47. The first kappa shape index (κ1) is 34.3. The lowest BCUT2D eigenvalue weighted by Crippen LogP contribution is -2.56. The number of nitrogens with zero attached hydrogens (tertiary/aromatic N) is 5. The minimum Gasteiger partial charge on any atom is -0.480 e. The van der Waals surface area contributed by atoms with Gasteiger partial charge in [0.1, 0.15) is 23.6 Å². The van der Waals surface area contributed by atoms with Gasteiger partial charge in [0.25, 0.3) is 17.7 Å². The molecule has 3 atom stereocenters. The second kappa shape index (κ2) is 11.6. The number of methoxy groups -OCH3 is 1. The van der Waals surface area contributed by atoms with Crippen LogP contribution in [0.3, 0.4) is 0 Å². The van der Waals surface area contributed by atoms with Crippen LogP contribution in [0.25, 0.3) is 16.8 Å². The van der Waals surface area contributed by atoms with Crippen molar-refractivity contribution >= 4 is 29.1 Å². The summed E-state index contributed by atoms with van der Waals surface area (Å²) in [6, 6.07) is 0.0578. The summed E-state index contributed by atoms with van der Waals surface area (Å²) in [4.78, 5) is 45.7. The van der Waals surface area contributed by atoms with E-state index in [-0.39, 0.29) is 24.1 Å². The van der Waals surface area contributed by atoms with Crippen molar-refractivity contribution in [3.05, 3.63) is 35.8 Å². The molecule has 250 valence electrons. The lowest BCUT2D eigenvalue weighted by molar-refractivity contribution is -0.249. The van der Waals surface area contributed by atoms with Gasteiger partial charge < -0.3 is 25.4 Å². The van der Waals surface area contributed by atoms with E-state index in [1.807, 2.05) is 5.32 Å². The van der Waals surface area contributed by atoms with Crippen LogP contribution in [0.15, 0.2) is 24.7 Å². The molecule has 3 aromatic heterocycles. The van der Waals surface area contributed by atoms with Crippen LogP contribution in [0.4, 0.5) is 40.9 Å². The summed E-state index contributed by atoms with van der Waals surface area (Å²) < 4.78 is 116. The molecule has 12 nitrogen and oxygen atoms in total. The quantitative estimate of drug-likeness (QED) is 0.326. The van der Waals surface area contributed by atoms with E-state index in [0.29, 0.717) is 15.5 Å². The Morgan fingerprint density at radius 3 is 2.24 bits per heavy atom. The van der Waals surface area contributed by atoms with E-state index in [0.717, 1.165) is 39.5 Å². The number of rotatable bonds is 7. The molecule has 0 spiro atoms. The maximum Gasteiger partial charge on any atom is 0.426 e. The van der Waals surface area contributed by atoms with Gasteiger partial charge in [0.2, 0.25) is 11.5 Å². The van der Waals surface area contributed by atoms with Gasteiger partial charge in [0.15, 0.2) is 11.5 Å². The number of anilines is 1. The first-order valence-corrected chi connectivity index (χ1v) is 13.1. The molecule has 0 aromatic carbocycles. The second-order valence-electron chi connectivity index (χ2n) is 10.9. The van der Waals surface area contributed by atoms with Gasteiger partial charge in [-0.3, -0.25) is 14.4 Å². The summed E-state index contributed by atoms with van der Waals surface area (Å²) in [7, 11) is 1.09. The zero-order valence-corrected chi connectivity index (χ0v) is 24.2. The fourth-order valence-electron chi connectivity index (χ4n) is 4.47. The Morgan fingerprint density at radius 1 is 1.02 bits per heavy atom. The third kappa shape index (κ3) is 6.38. The average Bonchev–Trinajstić information content (AvgIpc) is 3.52. The number of likely N-dealkylation sites (tertiary alicyclic amines) is 1. The van der Waals surface area contributed by atoms with Gasteiger partial charge in [-0.2, -0.15) is 31.4 Å². The summed E-state index contributed by atoms with van der Waals surface area (Å²) in [6.45, 7) is 0.313. The van der Waals surface area contributed by atoms with E-state index in [1.54, 1.807) is 0 Å². The topological polar surface area (TPSA) is 151 Å². The number of fused-ring (bicyclic) bond motifs is 1. The maximum absolute atomic E-state index is 14.8. The van der Waals surface area contributed by atoms with Gasteiger partial charge in [-0.05, 0) is 32.9 Å². The van der Waals surface area contributed by atoms with Gasteiger partial charge in [0.05, 0.1) is 31.0 Å². The minimum atomic E-state index is -5.37. The highest BCUT2D eigenvalue weighted by atomic mass is 19.4. The van der Waals surface area contributed by atoms with Crippen molar-refractivity contribution in [1.29, 1.82) is 0 Å². The van der Waals surface area contributed by atoms with E-state index in [9.17, 15) is 54.6 Å². The van der Waals surface area contributed by atoms with E-state index in [2.05, 4.69) is 20.4 Å². The molecule has 1 aliphatic rings. The van der Waals surface area contributed by atoms with Crippen LogP contribution in [0.5, 0.6) is 5.88 Å². The van der Waals surface area contributed by atoms with Crippen molar-refractivity contribution in [2.75, 3.05) is 25.5 Å². The number of hydrogen-bond donors (Lipinski definition) is 3. The van der Waals surface area contributed by atoms with Crippen LogP contribution in [-0.4, -0.2) is 97.2 Å². The Balaban J connectivity index is 1.70. The summed E-state index contributed by atoms with van der Waals surface area (Å²) in [5, 5.41) is 17.7. The molecular formula is C26H25F8N7O5. The third-order valence-electron chi connectivity index (χ3n) is 7.04. The molecule has 3 N–H and O–H groups in total. The zero-order chi connectivity index (χ0) is 34.6. The van der Waals surface area contributed by atoms with Gasteiger partial charge >= 0.3 is 12.4 Å². The average molecular weight is 668 g/mol. The molecule has 20 heteroatoms. The SMILES string of the molecule is COc1ncc(-c2cc(C(F)(F)F)c3c(NC(=O)C(C)(C)F)ncnn23)cc1C(=O)N[C@@H]1CN(C(=O)C(C)(O)C(F)(F)F)C[C@@H]1F. The number of hydrogen-bond acceptors (Lipinski definition) is 8. The lowest BCUT2D eigenvalue weighted by Gasteiger charge is -2.29. The van der Waals surface area contributed by atoms with E-state index in [1.165, 1.54) is 0 Å². The first-order valence-electron chi connectivity index (χ1n) is 13.1. The Labute approximate surface area is 253 Å². The standard InChI is InChI=1S/C26H25F8N7O5/c1-23(2,28)21(43)39-18-17-13(25(29,30)31)6-16(41(17)37-10-36-18)11-5-12(20(46-4)35-7-11)19(42)38-15-9-40(8-14(15)27)22(44)24(3,45)26(32,33)34/h5-7,10,14-15,45H,8-9H2,1-4H3,(H,38,42)(H,36,37,39,43)/t14-,15+,24?/m0/s1. The number of ether oxygens (including phenoxy) is 1. The predicted octanol–water partition coefficient (Wildman–Crippen LogP) is 3.10. The normalized spacial score (nSPS) is 18.8. The van der Waals surface area contributed by atoms with Gasteiger partial charge in [-0.1, -0.05) is 0 Å². The molecule has 3 amide bonds. The summed E-state index contributed by atoms with van der Waals surface area (Å²) in [6.07, 6.45) is -10.7. The third-order valence-corrected chi connectivity index (χ3v) is 7.04. The van der Waals surface area contributed by atoms with Crippen LogP contribution in [-0.2, 0) is 15.8 Å². The van der Waals surface area contributed by atoms with E-state index < -0.39 is 89.1 Å². The predicted molar refractivity (Wildman–Crippen MR) is 141 cm³/mol. The van der Waals surface area contributed by atoms with Crippen LogP contribution in [0.2, 0.25) is 0 Å². The summed E-state index contributed by atoms with van der Waals surface area (Å²) in [5.74, 6) is -5.32. The molecule has 1 fully saturated rings. The second-order valence-corrected chi connectivity index (χ2v) is 10.9. The van der Waals surface area contributed by atoms with Gasteiger partial charge in [-0.15, -0.1) is 0 Å². The van der Waals surface area contributed by atoms with Crippen molar-refractivity contribution < 1.29 is 59.4 Å². The fraction of sp³-hybridized carbons (Fsp3) is 0.462. The van der Waals surface area contributed by atoms with Crippen LogP contribution in [0, 0.1) is 0 Å². The molecule has 4 rings (SSSR count). The van der Waals surface area contributed by atoms with Gasteiger partial charge in [-0.25, -0.2) is 23.3 Å². The van der Waals surface area contributed by atoms with Crippen molar-refractivity contribution in [2.45, 2.75) is 56.6 Å². The molecule has 0 saturated carbocycles. The lowest BCUT2D eigenvalue weighted by atomic mass is 10.1. The van der Waals surface area contributed by atoms with Crippen LogP contribution >= 0.6 is 0 Å². The smallest absolute Gasteiger partial charge is 0.426 e. The number of amides is 3. The molecule has 0 radical (unpaired) electrons. The number of nitrogens with one attached hydrogen (secondary N) is 2. The molecule has 4 heterocycles. The van der Waals surface area contributed by atoms with Crippen molar-refractivity contribution in [3.63, 3.8) is 0 Å². The largest absolute Gasteiger partial charge is 0.480 e. The van der Waals surface area contributed by atoms with Crippen LogP contribution < -0.4 is 15.4 Å². The Kier molecular flexibility index (Phi) is 8.66. The molecule has 1 saturated heterocycles. The maximum atomic E-state index is 14.8. The zero-order valence-electron chi connectivity index (χ0n) is 24.2. The highest BCUT2D eigenvalue weighted by Gasteiger charge is 2.58. The highest BCUT2D eigenvalue weighted by Crippen LogP contribution is 2.40. The Bertz CT molecular complexity index is 1680. The number of aliphatic hydroxyl groups is 1. The number of pyridine rings is 1. The molecule has 46 heavy (non-hydrogen) atoms. The summed E-state index contributed by atoms with van der Waals surface area (Å²) >= 11 is 0. The minimum absolute atomic E-state index is 0.181. The molecule has 1 aliphatic heterocycles.